The Morgan fingerprint density at radius 2 is 2.31 bits per heavy atom. The molecule has 1 heterocycles. The van der Waals surface area contributed by atoms with E-state index < -0.39 is 0 Å². The van der Waals surface area contributed by atoms with Crippen LogP contribution >= 0.6 is 23.2 Å². The summed E-state index contributed by atoms with van der Waals surface area (Å²) >= 11 is 11.6. The summed E-state index contributed by atoms with van der Waals surface area (Å²) in [4.78, 5) is 6.04. The van der Waals surface area contributed by atoms with E-state index in [1.807, 2.05) is 13.1 Å². The van der Waals surface area contributed by atoms with Crippen LogP contribution in [0.5, 0.6) is 0 Å². The normalized spacial score (nSPS) is 10.8. The standard InChI is InChI=1S/C9H12Cl2N2/c1-13(5-3-10)7-8-2-4-12-6-9(8)11/h2,4,6H,3,5,7H2,1H3. The van der Waals surface area contributed by atoms with Crippen molar-refractivity contribution in [3.05, 3.63) is 29.0 Å². The molecule has 4 heteroatoms. The second-order valence-corrected chi connectivity index (χ2v) is 3.68. The number of alkyl halides is 1. The van der Waals surface area contributed by atoms with E-state index in [0.717, 1.165) is 18.7 Å². The van der Waals surface area contributed by atoms with Gasteiger partial charge in [0.2, 0.25) is 0 Å². The van der Waals surface area contributed by atoms with E-state index in [9.17, 15) is 0 Å². The minimum atomic E-state index is 0.638. The van der Waals surface area contributed by atoms with Gasteiger partial charge in [0.05, 0.1) is 5.02 Å². The second kappa shape index (κ2) is 5.43. The molecule has 0 aliphatic heterocycles. The molecule has 0 aliphatic carbocycles. The van der Waals surface area contributed by atoms with E-state index in [-0.39, 0.29) is 0 Å². The van der Waals surface area contributed by atoms with Gasteiger partial charge in [-0.15, -0.1) is 11.6 Å². The van der Waals surface area contributed by atoms with Crippen LogP contribution < -0.4 is 0 Å². The van der Waals surface area contributed by atoms with Gasteiger partial charge in [-0.25, -0.2) is 0 Å². The third kappa shape index (κ3) is 3.51. The molecule has 2 nitrogen and oxygen atoms in total. The Labute approximate surface area is 88.5 Å². The summed E-state index contributed by atoms with van der Waals surface area (Å²) in [6.45, 7) is 1.67. The van der Waals surface area contributed by atoms with Crippen molar-refractivity contribution in [3.8, 4) is 0 Å². The smallest absolute Gasteiger partial charge is 0.0634 e. The maximum Gasteiger partial charge on any atom is 0.0634 e. The summed E-state index contributed by atoms with van der Waals surface area (Å²) in [6, 6.07) is 1.92. The molecule has 13 heavy (non-hydrogen) atoms. The van der Waals surface area contributed by atoms with E-state index in [0.29, 0.717) is 10.9 Å². The van der Waals surface area contributed by atoms with E-state index in [1.165, 1.54) is 0 Å². The average molecular weight is 219 g/mol. The zero-order valence-corrected chi connectivity index (χ0v) is 9.02. The quantitative estimate of drug-likeness (QED) is 0.723. The van der Waals surface area contributed by atoms with Crippen molar-refractivity contribution in [3.63, 3.8) is 0 Å². The summed E-state index contributed by atoms with van der Waals surface area (Å²) in [5.41, 5.74) is 1.09. The minimum Gasteiger partial charge on any atom is -0.301 e. The first-order valence-corrected chi connectivity index (χ1v) is 4.98. The predicted octanol–water partition coefficient (Wildman–Crippen LogP) is 2.41. The van der Waals surface area contributed by atoms with Crippen molar-refractivity contribution in [2.75, 3.05) is 19.5 Å². The van der Waals surface area contributed by atoms with Gasteiger partial charge in [0.25, 0.3) is 0 Å². The Balaban J connectivity index is 2.58. The Bertz CT molecular complexity index is 266. The Kier molecular flexibility index (Phi) is 4.50. The first-order valence-electron chi connectivity index (χ1n) is 4.07. The predicted molar refractivity (Wildman–Crippen MR) is 56.3 cm³/mol. The molecular formula is C9H12Cl2N2. The first kappa shape index (κ1) is 10.8. The molecule has 0 aliphatic rings. The molecule has 0 atom stereocenters. The van der Waals surface area contributed by atoms with Gasteiger partial charge in [0, 0.05) is 31.4 Å². The van der Waals surface area contributed by atoms with E-state index >= 15 is 0 Å². The summed E-state index contributed by atoms with van der Waals surface area (Å²) in [7, 11) is 2.01. The molecule has 0 N–H and O–H groups in total. The lowest BCUT2D eigenvalue weighted by Gasteiger charge is -2.15. The topological polar surface area (TPSA) is 16.1 Å². The van der Waals surface area contributed by atoms with Gasteiger partial charge in [0.15, 0.2) is 0 Å². The van der Waals surface area contributed by atoms with Crippen LogP contribution in [0, 0.1) is 0 Å². The van der Waals surface area contributed by atoms with Crippen molar-refractivity contribution in [2.45, 2.75) is 6.54 Å². The Morgan fingerprint density at radius 1 is 1.54 bits per heavy atom. The fourth-order valence-electron chi connectivity index (χ4n) is 1.05. The number of pyridine rings is 1. The molecule has 0 radical (unpaired) electrons. The zero-order chi connectivity index (χ0) is 9.68. The van der Waals surface area contributed by atoms with Gasteiger partial charge in [-0.05, 0) is 18.7 Å². The van der Waals surface area contributed by atoms with Crippen molar-refractivity contribution >= 4 is 23.2 Å². The second-order valence-electron chi connectivity index (χ2n) is 2.89. The fraction of sp³-hybridized carbons (Fsp3) is 0.444. The Morgan fingerprint density at radius 3 is 2.92 bits per heavy atom. The molecule has 0 spiro atoms. The largest absolute Gasteiger partial charge is 0.301 e. The van der Waals surface area contributed by atoms with Gasteiger partial charge >= 0.3 is 0 Å². The highest BCUT2D eigenvalue weighted by atomic mass is 35.5. The van der Waals surface area contributed by atoms with Crippen molar-refractivity contribution in [1.82, 2.24) is 9.88 Å². The highest BCUT2D eigenvalue weighted by Gasteiger charge is 2.02. The minimum absolute atomic E-state index is 0.638. The third-order valence-corrected chi connectivity index (χ3v) is 2.27. The van der Waals surface area contributed by atoms with E-state index in [2.05, 4.69) is 9.88 Å². The zero-order valence-electron chi connectivity index (χ0n) is 7.50. The SMILES string of the molecule is CN(CCCl)Cc1ccncc1Cl. The Hall–Kier alpha value is -0.310. The van der Waals surface area contributed by atoms with Crippen LogP contribution in [-0.2, 0) is 6.54 Å². The molecule has 72 valence electrons. The van der Waals surface area contributed by atoms with Gasteiger partial charge in [0.1, 0.15) is 0 Å². The summed E-state index contributed by atoms with van der Waals surface area (Å²) in [6.07, 6.45) is 3.40. The number of nitrogens with zero attached hydrogens (tertiary/aromatic N) is 2. The molecule has 0 bridgehead atoms. The maximum atomic E-state index is 5.95. The molecule has 1 aromatic heterocycles. The van der Waals surface area contributed by atoms with Crippen molar-refractivity contribution in [1.29, 1.82) is 0 Å². The average Bonchev–Trinajstić information content (AvgIpc) is 2.09. The van der Waals surface area contributed by atoms with Crippen LogP contribution in [0.3, 0.4) is 0 Å². The van der Waals surface area contributed by atoms with Crippen LogP contribution in [0.2, 0.25) is 5.02 Å². The lowest BCUT2D eigenvalue weighted by Crippen LogP contribution is -2.20. The molecule has 0 amide bonds. The van der Waals surface area contributed by atoms with Crippen molar-refractivity contribution in [2.24, 2.45) is 0 Å². The molecular weight excluding hydrogens is 207 g/mol. The van der Waals surface area contributed by atoms with Gasteiger partial charge < -0.3 is 4.90 Å². The summed E-state index contributed by atoms with van der Waals surface area (Å²) in [5.74, 6) is 0.638. The van der Waals surface area contributed by atoms with E-state index in [1.54, 1.807) is 12.4 Å². The van der Waals surface area contributed by atoms with Gasteiger partial charge in [-0.3, -0.25) is 4.98 Å². The molecule has 0 aromatic carbocycles. The molecule has 0 saturated heterocycles. The molecule has 0 fully saturated rings. The highest BCUT2D eigenvalue weighted by molar-refractivity contribution is 6.31. The van der Waals surface area contributed by atoms with Crippen molar-refractivity contribution < 1.29 is 0 Å². The first-order chi connectivity index (χ1) is 6.24. The van der Waals surface area contributed by atoms with Crippen LogP contribution in [0.25, 0.3) is 0 Å². The lowest BCUT2D eigenvalue weighted by atomic mass is 10.2. The highest BCUT2D eigenvalue weighted by Crippen LogP contribution is 2.14. The molecule has 1 aromatic rings. The third-order valence-electron chi connectivity index (χ3n) is 1.76. The maximum absolute atomic E-state index is 5.95. The van der Waals surface area contributed by atoms with Gasteiger partial charge in [-0.1, -0.05) is 11.6 Å². The number of halogens is 2. The summed E-state index contributed by atoms with van der Waals surface area (Å²) in [5, 5.41) is 0.712. The fourth-order valence-corrected chi connectivity index (χ4v) is 1.51. The van der Waals surface area contributed by atoms with Crippen LogP contribution in [0.4, 0.5) is 0 Å². The molecule has 1 rings (SSSR count). The van der Waals surface area contributed by atoms with E-state index in [4.69, 9.17) is 23.2 Å². The van der Waals surface area contributed by atoms with Crippen LogP contribution in [0.1, 0.15) is 5.56 Å². The number of hydrogen-bond acceptors (Lipinski definition) is 2. The number of aromatic nitrogens is 1. The number of rotatable bonds is 4. The summed E-state index contributed by atoms with van der Waals surface area (Å²) < 4.78 is 0. The number of hydrogen-bond donors (Lipinski definition) is 0. The lowest BCUT2D eigenvalue weighted by molar-refractivity contribution is 0.348. The van der Waals surface area contributed by atoms with Crippen LogP contribution in [-0.4, -0.2) is 29.4 Å². The van der Waals surface area contributed by atoms with Crippen LogP contribution in [0.15, 0.2) is 18.5 Å². The monoisotopic (exact) mass is 218 g/mol. The molecule has 0 saturated carbocycles. The molecule has 0 unspecified atom stereocenters. The van der Waals surface area contributed by atoms with Gasteiger partial charge in [-0.2, -0.15) is 0 Å².